The van der Waals surface area contributed by atoms with Crippen molar-refractivity contribution < 1.29 is 4.74 Å². The highest BCUT2D eigenvalue weighted by Crippen LogP contribution is 2.37. The van der Waals surface area contributed by atoms with Gasteiger partial charge in [0.05, 0.1) is 5.69 Å². The maximum Gasteiger partial charge on any atom is 0.162 e. The summed E-state index contributed by atoms with van der Waals surface area (Å²) in [6.07, 6.45) is 3.36. The van der Waals surface area contributed by atoms with Gasteiger partial charge >= 0.3 is 0 Å². The molecule has 0 amide bonds. The van der Waals surface area contributed by atoms with Gasteiger partial charge in [-0.15, -0.1) is 0 Å². The van der Waals surface area contributed by atoms with E-state index in [1.54, 1.807) is 0 Å². The number of nitrogens with zero attached hydrogens (tertiary/aromatic N) is 2. The summed E-state index contributed by atoms with van der Waals surface area (Å²) >= 11 is 1.90. The Morgan fingerprint density at radius 2 is 2.17 bits per heavy atom. The van der Waals surface area contributed by atoms with Gasteiger partial charge in [0.25, 0.3) is 0 Å². The molecule has 0 spiro atoms. The van der Waals surface area contributed by atoms with E-state index < -0.39 is 0 Å². The normalized spacial score (nSPS) is 27.0. The van der Waals surface area contributed by atoms with Crippen LogP contribution < -0.4 is 5.32 Å². The number of anilines is 1. The second kappa shape index (κ2) is 4.70. The van der Waals surface area contributed by atoms with E-state index in [0.717, 1.165) is 42.6 Å². The molecule has 18 heavy (non-hydrogen) atoms. The van der Waals surface area contributed by atoms with Crippen LogP contribution in [-0.2, 0) is 21.8 Å². The van der Waals surface area contributed by atoms with Crippen molar-refractivity contribution in [1.29, 1.82) is 0 Å². The smallest absolute Gasteiger partial charge is 0.162 e. The van der Waals surface area contributed by atoms with Gasteiger partial charge in [0.2, 0.25) is 0 Å². The zero-order valence-electron chi connectivity index (χ0n) is 11.0. The van der Waals surface area contributed by atoms with E-state index in [9.17, 15) is 0 Å². The van der Waals surface area contributed by atoms with Crippen LogP contribution in [0, 0.1) is 0 Å². The maximum atomic E-state index is 5.95. The van der Waals surface area contributed by atoms with Crippen molar-refractivity contribution in [3.63, 3.8) is 0 Å². The van der Waals surface area contributed by atoms with Crippen molar-refractivity contribution in [3.05, 3.63) is 17.1 Å². The minimum absolute atomic E-state index is 0.299. The molecular weight excluding hydrogens is 246 g/mol. The molecule has 0 bridgehead atoms. The van der Waals surface area contributed by atoms with Crippen molar-refractivity contribution in [2.75, 3.05) is 19.0 Å². The summed E-state index contributed by atoms with van der Waals surface area (Å²) in [4.78, 5) is 9.46. The molecule has 2 aliphatic heterocycles. The van der Waals surface area contributed by atoms with Crippen molar-refractivity contribution in [2.24, 2.45) is 0 Å². The molecule has 3 heterocycles. The van der Waals surface area contributed by atoms with E-state index in [0.29, 0.717) is 0 Å². The average Bonchev–Trinajstić information content (AvgIpc) is 2.86. The Kier molecular flexibility index (Phi) is 3.20. The van der Waals surface area contributed by atoms with E-state index in [4.69, 9.17) is 14.7 Å². The molecule has 4 nitrogen and oxygen atoms in total. The van der Waals surface area contributed by atoms with Crippen LogP contribution in [0.3, 0.4) is 0 Å². The first-order valence-corrected chi connectivity index (χ1v) is 7.68. The molecule has 1 aromatic heterocycles. The van der Waals surface area contributed by atoms with Gasteiger partial charge in [-0.3, -0.25) is 0 Å². The fourth-order valence-electron chi connectivity index (χ4n) is 2.60. The van der Waals surface area contributed by atoms with Gasteiger partial charge in [-0.1, -0.05) is 0 Å². The summed E-state index contributed by atoms with van der Waals surface area (Å²) < 4.78 is 5.95. The van der Waals surface area contributed by atoms with E-state index in [1.807, 2.05) is 18.8 Å². The fourth-order valence-corrected chi connectivity index (χ4v) is 3.65. The predicted octanol–water partition coefficient (Wildman–Crippen LogP) is 2.68. The third kappa shape index (κ3) is 1.99. The molecule has 1 N–H and O–H groups in total. The van der Waals surface area contributed by atoms with Crippen LogP contribution in [0.1, 0.15) is 43.3 Å². The number of hydrogen-bond donors (Lipinski definition) is 1. The highest BCUT2D eigenvalue weighted by molar-refractivity contribution is 7.98. The summed E-state index contributed by atoms with van der Waals surface area (Å²) in [5, 5.41) is 3.20. The van der Waals surface area contributed by atoms with Crippen LogP contribution in [0.2, 0.25) is 0 Å². The van der Waals surface area contributed by atoms with Gasteiger partial charge < -0.3 is 10.1 Å². The Morgan fingerprint density at radius 1 is 1.28 bits per heavy atom. The van der Waals surface area contributed by atoms with E-state index in [-0.39, 0.29) is 5.60 Å². The molecule has 0 aromatic carbocycles. The Hall–Kier alpha value is -0.810. The molecule has 0 aliphatic carbocycles. The number of aromatic nitrogens is 2. The first kappa shape index (κ1) is 12.2. The van der Waals surface area contributed by atoms with Gasteiger partial charge in [-0.25, -0.2) is 9.97 Å². The monoisotopic (exact) mass is 265 g/mol. The highest BCUT2D eigenvalue weighted by atomic mass is 32.2. The van der Waals surface area contributed by atoms with E-state index in [1.165, 1.54) is 17.7 Å². The number of hydrogen-bond acceptors (Lipinski definition) is 5. The second-order valence-electron chi connectivity index (χ2n) is 5.10. The standard InChI is InChI=1S/C13H19N3OS/c1-13(5-3-4-6-17-13)12-15-10-8-18-7-9(10)11(14-2)16-12/h3-8H2,1-2H3,(H,14,15,16). The quantitative estimate of drug-likeness (QED) is 0.891. The zero-order chi connectivity index (χ0) is 12.6. The fraction of sp³-hybridized carbons (Fsp3) is 0.692. The van der Waals surface area contributed by atoms with Crippen LogP contribution in [0.5, 0.6) is 0 Å². The van der Waals surface area contributed by atoms with Gasteiger partial charge in [0.1, 0.15) is 11.4 Å². The van der Waals surface area contributed by atoms with Gasteiger partial charge in [0.15, 0.2) is 5.82 Å². The van der Waals surface area contributed by atoms with Crippen LogP contribution in [0.25, 0.3) is 0 Å². The average molecular weight is 265 g/mol. The Labute approximate surface area is 112 Å². The van der Waals surface area contributed by atoms with Crippen molar-refractivity contribution >= 4 is 17.6 Å². The molecule has 0 saturated carbocycles. The highest BCUT2D eigenvalue weighted by Gasteiger charge is 2.34. The largest absolute Gasteiger partial charge is 0.373 e. The minimum Gasteiger partial charge on any atom is -0.373 e. The molecule has 1 saturated heterocycles. The van der Waals surface area contributed by atoms with Gasteiger partial charge in [-0.2, -0.15) is 11.8 Å². The number of fused-ring (bicyclic) bond motifs is 1. The second-order valence-corrected chi connectivity index (χ2v) is 6.09. The molecule has 1 unspecified atom stereocenters. The summed E-state index contributed by atoms with van der Waals surface area (Å²) in [6.45, 7) is 2.94. The number of rotatable bonds is 2. The SMILES string of the molecule is CNc1nc(C2(C)CCCCO2)nc2c1CSC2. The van der Waals surface area contributed by atoms with Crippen molar-refractivity contribution in [1.82, 2.24) is 9.97 Å². The molecule has 3 rings (SSSR count). The lowest BCUT2D eigenvalue weighted by molar-refractivity contribution is -0.0760. The molecule has 2 aliphatic rings. The third-order valence-electron chi connectivity index (χ3n) is 3.76. The zero-order valence-corrected chi connectivity index (χ0v) is 11.8. The summed E-state index contributed by atoms with van der Waals surface area (Å²) in [5.41, 5.74) is 2.15. The molecule has 0 radical (unpaired) electrons. The molecule has 98 valence electrons. The van der Waals surface area contributed by atoms with Crippen molar-refractivity contribution in [3.8, 4) is 0 Å². The lowest BCUT2D eigenvalue weighted by atomic mass is 9.95. The van der Waals surface area contributed by atoms with Gasteiger partial charge in [-0.05, 0) is 26.2 Å². The first-order valence-electron chi connectivity index (χ1n) is 6.53. The Bertz CT molecular complexity index is 458. The van der Waals surface area contributed by atoms with Crippen LogP contribution in [0.15, 0.2) is 0 Å². The molecular formula is C13H19N3OS. The maximum absolute atomic E-state index is 5.95. The first-order chi connectivity index (χ1) is 8.73. The van der Waals surface area contributed by atoms with Crippen molar-refractivity contribution in [2.45, 2.75) is 43.3 Å². The predicted molar refractivity (Wildman–Crippen MR) is 73.7 cm³/mol. The van der Waals surface area contributed by atoms with Crippen LogP contribution >= 0.6 is 11.8 Å². The summed E-state index contributed by atoms with van der Waals surface area (Å²) in [6, 6.07) is 0. The number of thioether (sulfide) groups is 1. The van der Waals surface area contributed by atoms with Crippen LogP contribution in [0.4, 0.5) is 5.82 Å². The topological polar surface area (TPSA) is 47.0 Å². The van der Waals surface area contributed by atoms with E-state index >= 15 is 0 Å². The minimum atomic E-state index is -0.299. The molecule has 1 aromatic rings. The summed E-state index contributed by atoms with van der Waals surface area (Å²) in [5.74, 6) is 3.85. The molecule has 1 atom stereocenters. The third-order valence-corrected chi connectivity index (χ3v) is 4.73. The number of ether oxygens (including phenoxy) is 1. The van der Waals surface area contributed by atoms with Crippen LogP contribution in [-0.4, -0.2) is 23.6 Å². The molecule has 1 fully saturated rings. The molecule has 5 heteroatoms. The van der Waals surface area contributed by atoms with Gasteiger partial charge in [0, 0.05) is 30.7 Å². The Morgan fingerprint density at radius 3 is 2.89 bits per heavy atom. The lowest BCUT2D eigenvalue weighted by Gasteiger charge is -2.32. The Balaban J connectivity index is 2.02. The van der Waals surface area contributed by atoms with E-state index in [2.05, 4.69) is 12.2 Å². The summed E-state index contributed by atoms with van der Waals surface area (Å²) in [7, 11) is 1.93. The lowest BCUT2D eigenvalue weighted by Crippen LogP contribution is -2.33. The number of nitrogens with one attached hydrogen (secondary N) is 1.